The van der Waals surface area contributed by atoms with Crippen LogP contribution in [0.4, 0.5) is 10.5 Å². The Morgan fingerprint density at radius 1 is 0.971 bits per heavy atom. The van der Waals surface area contributed by atoms with Gasteiger partial charge in [-0.1, -0.05) is 0 Å². The summed E-state index contributed by atoms with van der Waals surface area (Å²) in [5.74, 6) is -0.847. The van der Waals surface area contributed by atoms with Crippen molar-refractivity contribution in [2.24, 2.45) is 0 Å². The number of rotatable bonds is 12. The molecule has 0 unspecified atom stereocenters. The number of carbonyl (C=O) groups is 4. The summed E-state index contributed by atoms with van der Waals surface area (Å²) in [4.78, 5) is 50.7. The Labute approximate surface area is 201 Å². The maximum Gasteiger partial charge on any atom is 0.410 e. The highest BCUT2D eigenvalue weighted by Gasteiger charge is 2.19. The molecule has 10 nitrogen and oxygen atoms in total. The average Bonchev–Trinajstić information content (AvgIpc) is 2.76. The largest absolute Gasteiger partial charge is 0.465 e. The van der Waals surface area contributed by atoms with Crippen molar-refractivity contribution < 1.29 is 28.7 Å². The lowest BCUT2D eigenvalue weighted by molar-refractivity contribution is -0.143. The molecular formula is C24H38N4O6. The molecule has 10 heteroatoms. The molecule has 0 aliphatic rings. The molecule has 190 valence electrons. The highest BCUT2D eigenvalue weighted by atomic mass is 16.6. The van der Waals surface area contributed by atoms with Crippen molar-refractivity contribution in [3.8, 4) is 0 Å². The first-order valence-corrected chi connectivity index (χ1v) is 11.4. The van der Waals surface area contributed by atoms with Gasteiger partial charge in [0.05, 0.1) is 6.61 Å². The van der Waals surface area contributed by atoms with Crippen LogP contribution >= 0.6 is 0 Å². The maximum absolute atomic E-state index is 12.6. The highest BCUT2D eigenvalue weighted by molar-refractivity contribution is 5.94. The molecular weight excluding hydrogens is 440 g/mol. The van der Waals surface area contributed by atoms with Crippen molar-refractivity contribution in [1.29, 1.82) is 0 Å². The van der Waals surface area contributed by atoms with E-state index in [0.29, 0.717) is 31.6 Å². The Morgan fingerprint density at radius 3 is 2.18 bits per heavy atom. The van der Waals surface area contributed by atoms with Crippen molar-refractivity contribution in [3.05, 3.63) is 29.8 Å². The van der Waals surface area contributed by atoms with Crippen molar-refractivity contribution in [1.82, 2.24) is 15.1 Å². The summed E-state index contributed by atoms with van der Waals surface area (Å²) in [5, 5.41) is 5.60. The van der Waals surface area contributed by atoms with Gasteiger partial charge in [-0.3, -0.25) is 14.4 Å². The lowest BCUT2D eigenvalue weighted by atomic mass is 10.1. The fraction of sp³-hybridized carbons (Fsp3) is 0.583. The minimum atomic E-state index is -0.546. The van der Waals surface area contributed by atoms with Crippen LogP contribution in [0.15, 0.2) is 24.3 Å². The molecule has 0 fully saturated rings. The first-order valence-electron chi connectivity index (χ1n) is 11.4. The number of nitrogens with one attached hydrogen (secondary N) is 2. The molecule has 3 amide bonds. The van der Waals surface area contributed by atoms with E-state index in [0.717, 1.165) is 5.69 Å². The Balaban J connectivity index is 2.37. The lowest BCUT2D eigenvalue weighted by Crippen LogP contribution is -2.36. The van der Waals surface area contributed by atoms with Gasteiger partial charge in [0.25, 0.3) is 5.91 Å². The molecule has 0 atom stereocenters. The van der Waals surface area contributed by atoms with Gasteiger partial charge in [0, 0.05) is 51.4 Å². The maximum atomic E-state index is 12.6. The minimum absolute atomic E-state index is 0.121. The zero-order chi connectivity index (χ0) is 25.7. The molecule has 0 aromatic heterocycles. The number of esters is 1. The molecule has 0 saturated heterocycles. The summed E-state index contributed by atoms with van der Waals surface area (Å²) in [6.45, 7) is 8.63. The monoisotopic (exact) mass is 478 g/mol. The van der Waals surface area contributed by atoms with Crippen molar-refractivity contribution in [2.45, 2.75) is 46.1 Å². The average molecular weight is 479 g/mol. The van der Waals surface area contributed by atoms with E-state index in [4.69, 9.17) is 9.47 Å². The van der Waals surface area contributed by atoms with E-state index in [1.165, 1.54) is 4.90 Å². The number of amides is 3. The van der Waals surface area contributed by atoms with Crippen LogP contribution in [-0.2, 0) is 19.1 Å². The second-order valence-corrected chi connectivity index (χ2v) is 8.82. The van der Waals surface area contributed by atoms with E-state index in [2.05, 4.69) is 10.6 Å². The van der Waals surface area contributed by atoms with Gasteiger partial charge >= 0.3 is 12.1 Å². The van der Waals surface area contributed by atoms with Crippen LogP contribution in [0.3, 0.4) is 0 Å². The van der Waals surface area contributed by atoms with Gasteiger partial charge in [0.1, 0.15) is 12.1 Å². The summed E-state index contributed by atoms with van der Waals surface area (Å²) in [6, 6.07) is 6.98. The molecule has 0 heterocycles. The number of carbonyl (C=O) groups excluding carboxylic acids is 4. The van der Waals surface area contributed by atoms with Gasteiger partial charge in [-0.05, 0) is 58.4 Å². The molecule has 0 bridgehead atoms. The number of ether oxygens (including phenoxy) is 2. The van der Waals surface area contributed by atoms with Crippen molar-refractivity contribution >= 4 is 29.6 Å². The van der Waals surface area contributed by atoms with Crippen LogP contribution < -0.4 is 10.6 Å². The first-order chi connectivity index (χ1) is 15.9. The minimum Gasteiger partial charge on any atom is -0.465 e. The second kappa shape index (κ2) is 14.1. The number of hydrogen-bond donors (Lipinski definition) is 2. The predicted molar refractivity (Wildman–Crippen MR) is 130 cm³/mol. The lowest BCUT2D eigenvalue weighted by Gasteiger charge is -2.25. The molecule has 0 aliphatic heterocycles. The molecule has 34 heavy (non-hydrogen) atoms. The van der Waals surface area contributed by atoms with Gasteiger partial charge in [-0.15, -0.1) is 0 Å². The van der Waals surface area contributed by atoms with Crippen LogP contribution in [0.5, 0.6) is 0 Å². The smallest absolute Gasteiger partial charge is 0.410 e. The Morgan fingerprint density at radius 2 is 1.59 bits per heavy atom. The molecule has 1 aromatic rings. The fourth-order valence-electron chi connectivity index (χ4n) is 2.82. The summed E-state index contributed by atoms with van der Waals surface area (Å²) < 4.78 is 10.1. The van der Waals surface area contributed by atoms with Gasteiger partial charge in [0.15, 0.2) is 0 Å². The third kappa shape index (κ3) is 11.5. The summed E-state index contributed by atoms with van der Waals surface area (Å²) in [7, 11) is 3.39. The zero-order valence-corrected chi connectivity index (χ0v) is 21.1. The molecule has 0 radical (unpaired) electrons. The van der Waals surface area contributed by atoms with E-state index in [1.54, 1.807) is 50.2 Å². The molecule has 1 aromatic carbocycles. The number of benzene rings is 1. The summed E-state index contributed by atoms with van der Waals surface area (Å²) in [6.07, 6.45) is 0.428. The van der Waals surface area contributed by atoms with Crippen LogP contribution in [-0.4, -0.2) is 86.2 Å². The predicted octanol–water partition coefficient (Wildman–Crippen LogP) is 2.50. The van der Waals surface area contributed by atoms with Gasteiger partial charge in [-0.25, -0.2) is 4.79 Å². The number of anilines is 1. The molecule has 0 saturated carbocycles. The topological polar surface area (TPSA) is 117 Å². The van der Waals surface area contributed by atoms with Gasteiger partial charge in [-0.2, -0.15) is 0 Å². The first kappa shape index (κ1) is 28.7. The summed E-state index contributed by atoms with van der Waals surface area (Å²) >= 11 is 0. The molecule has 0 aliphatic carbocycles. The van der Waals surface area contributed by atoms with Crippen LogP contribution in [0.25, 0.3) is 0 Å². The van der Waals surface area contributed by atoms with Gasteiger partial charge < -0.3 is 29.9 Å². The van der Waals surface area contributed by atoms with Crippen LogP contribution in [0.2, 0.25) is 0 Å². The van der Waals surface area contributed by atoms with Crippen LogP contribution in [0, 0.1) is 0 Å². The van der Waals surface area contributed by atoms with Gasteiger partial charge in [0.2, 0.25) is 5.91 Å². The summed E-state index contributed by atoms with van der Waals surface area (Å²) in [5.41, 5.74) is 0.771. The van der Waals surface area contributed by atoms with Crippen molar-refractivity contribution in [3.63, 3.8) is 0 Å². The Bertz CT molecular complexity index is 820. The van der Waals surface area contributed by atoms with E-state index in [-0.39, 0.29) is 37.5 Å². The van der Waals surface area contributed by atoms with Crippen molar-refractivity contribution in [2.75, 3.05) is 52.2 Å². The van der Waals surface area contributed by atoms with E-state index in [9.17, 15) is 19.2 Å². The van der Waals surface area contributed by atoms with Crippen LogP contribution in [0.1, 0.15) is 50.9 Å². The Hall–Kier alpha value is -3.30. The quantitative estimate of drug-likeness (QED) is 0.443. The SMILES string of the molecule is CCOC(=O)CNC(=O)CCNc1ccc(C(=O)N(C)CCCN(C)C(=O)OC(C)(C)C)cc1. The Kier molecular flexibility index (Phi) is 11.9. The van der Waals surface area contributed by atoms with E-state index >= 15 is 0 Å². The third-order valence-corrected chi connectivity index (χ3v) is 4.59. The molecule has 2 N–H and O–H groups in total. The third-order valence-electron chi connectivity index (χ3n) is 4.59. The highest BCUT2D eigenvalue weighted by Crippen LogP contribution is 2.12. The van der Waals surface area contributed by atoms with E-state index < -0.39 is 11.6 Å². The number of hydrogen-bond acceptors (Lipinski definition) is 7. The second-order valence-electron chi connectivity index (χ2n) is 8.82. The fourth-order valence-corrected chi connectivity index (χ4v) is 2.82. The molecule has 1 rings (SSSR count). The normalized spacial score (nSPS) is 10.8. The number of nitrogens with zero attached hydrogens (tertiary/aromatic N) is 2. The molecule has 0 spiro atoms. The van der Waals surface area contributed by atoms with E-state index in [1.807, 2.05) is 20.8 Å². The zero-order valence-electron chi connectivity index (χ0n) is 21.1. The standard InChI is InChI=1S/C24H38N4O6/c1-7-33-21(30)17-26-20(29)13-14-25-19-11-9-18(10-12-19)22(31)27(5)15-8-16-28(6)23(32)34-24(2,3)4/h9-12,25H,7-8,13-17H2,1-6H3,(H,26,29).